The Morgan fingerprint density at radius 3 is 2.16 bits per heavy atom. The molecule has 2 saturated heterocycles. The maximum absolute atomic E-state index is 11.1. The summed E-state index contributed by atoms with van der Waals surface area (Å²) in [5.74, 6) is 0.734. The van der Waals surface area contributed by atoms with Crippen LogP contribution in [0, 0.1) is 10.1 Å². The second kappa shape index (κ2) is 10.0. The highest BCUT2D eigenvalue weighted by Gasteiger charge is 2.21. The molecule has 0 unspecified atom stereocenters. The van der Waals surface area contributed by atoms with Gasteiger partial charge in [-0.05, 0) is 6.07 Å². The van der Waals surface area contributed by atoms with Crippen LogP contribution < -0.4 is 15.2 Å². The highest BCUT2D eigenvalue weighted by molar-refractivity contribution is 9.10. The molecule has 2 N–H and O–H groups in total. The number of hydrogen-bond donors (Lipinski definition) is 2. The molecule has 0 aliphatic carbocycles. The molecule has 0 radical (unpaired) electrons. The van der Waals surface area contributed by atoms with Gasteiger partial charge in [-0.15, -0.1) is 0 Å². The maximum Gasteiger partial charge on any atom is 0.312 e. The van der Waals surface area contributed by atoms with E-state index in [0.29, 0.717) is 69.0 Å². The topological polar surface area (TPSA) is 151 Å². The van der Waals surface area contributed by atoms with Crippen LogP contribution in [-0.2, 0) is 9.47 Å². The van der Waals surface area contributed by atoms with Crippen molar-refractivity contribution in [3.05, 3.63) is 32.3 Å². The highest BCUT2D eigenvalue weighted by Crippen LogP contribution is 2.32. The number of rotatable bonds is 6. The van der Waals surface area contributed by atoms with Crippen LogP contribution in [0.3, 0.4) is 0 Å². The molecule has 1 aromatic heterocycles. The highest BCUT2D eigenvalue weighted by atomic mass is 79.9. The number of phenolic OH excluding ortho intramolecular Hbond substituents is 1. The van der Waals surface area contributed by atoms with Crippen LogP contribution in [0.5, 0.6) is 5.75 Å². The first-order valence-corrected chi connectivity index (χ1v) is 10.7. The zero-order chi connectivity index (χ0) is 22.5. The van der Waals surface area contributed by atoms with Crippen molar-refractivity contribution in [2.45, 2.75) is 0 Å². The summed E-state index contributed by atoms with van der Waals surface area (Å²) >= 11 is 3.20. The summed E-state index contributed by atoms with van der Waals surface area (Å²) in [5, 5.41) is 25.3. The number of benzene rings is 1. The number of nitro groups is 1. The van der Waals surface area contributed by atoms with Crippen LogP contribution in [0.1, 0.15) is 5.56 Å². The van der Waals surface area contributed by atoms with Crippen LogP contribution in [0.2, 0.25) is 0 Å². The molecule has 0 spiro atoms. The number of aromatic nitrogens is 3. The van der Waals surface area contributed by atoms with Gasteiger partial charge in [0, 0.05) is 42.3 Å². The molecular weight excluding hydrogens is 488 g/mol. The number of morpholine rings is 2. The zero-order valence-corrected chi connectivity index (χ0v) is 18.6. The minimum atomic E-state index is -0.667. The van der Waals surface area contributed by atoms with Gasteiger partial charge in [0.2, 0.25) is 23.6 Å². The van der Waals surface area contributed by atoms with Gasteiger partial charge >= 0.3 is 5.69 Å². The third kappa shape index (κ3) is 5.20. The van der Waals surface area contributed by atoms with E-state index in [4.69, 9.17) is 9.47 Å². The van der Waals surface area contributed by atoms with Crippen LogP contribution in [-0.4, -0.2) is 83.8 Å². The van der Waals surface area contributed by atoms with Gasteiger partial charge in [0.1, 0.15) is 0 Å². The van der Waals surface area contributed by atoms with Crippen molar-refractivity contribution in [1.29, 1.82) is 0 Å². The number of hydrogen-bond acceptors (Lipinski definition) is 12. The van der Waals surface area contributed by atoms with E-state index < -0.39 is 16.4 Å². The number of aromatic hydroxyl groups is 1. The SMILES string of the molecule is O=[N+]([O-])c1cc(Br)cc(C=NNc2nc(N3CCOCC3)nc(N3CCOCC3)n2)c1O. The molecular formula is C18H21BrN8O5. The Kier molecular flexibility index (Phi) is 6.92. The Bertz CT molecular complexity index is 975. The van der Waals surface area contributed by atoms with Gasteiger partial charge in [-0.3, -0.25) is 10.1 Å². The Morgan fingerprint density at radius 2 is 1.62 bits per heavy atom. The van der Waals surface area contributed by atoms with Gasteiger partial charge in [0.15, 0.2) is 0 Å². The number of nitrogens with one attached hydrogen (secondary N) is 1. The van der Waals surface area contributed by atoms with Gasteiger partial charge in [-0.2, -0.15) is 20.1 Å². The normalized spacial score (nSPS) is 17.0. The summed E-state index contributed by atoms with van der Waals surface area (Å²) in [6.07, 6.45) is 1.26. The molecule has 2 aliphatic rings. The summed E-state index contributed by atoms with van der Waals surface area (Å²) in [7, 11) is 0. The monoisotopic (exact) mass is 508 g/mol. The minimum Gasteiger partial charge on any atom is -0.502 e. The van der Waals surface area contributed by atoms with Gasteiger partial charge in [-0.25, -0.2) is 5.43 Å². The lowest BCUT2D eigenvalue weighted by atomic mass is 10.2. The van der Waals surface area contributed by atoms with Crippen molar-refractivity contribution in [3.63, 3.8) is 0 Å². The molecule has 14 heteroatoms. The molecule has 170 valence electrons. The fraction of sp³-hybridized carbons (Fsp3) is 0.444. The summed E-state index contributed by atoms with van der Waals surface area (Å²) < 4.78 is 11.2. The predicted octanol–water partition coefficient (Wildman–Crippen LogP) is 1.37. The molecule has 13 nitrogen and oxygen atoms in total. The number of nitrogens with zero attached hydrogens (tertiary/aromatic N) is 7. The Balaban J connectivity index is 1.59. The number of hydrazone groups is 1. The Hall–Kier alpha value is -3.10. The fourth-order valence-corrected chi connectivity index (χ4v) is 3.68. The molecule has 0 atom stereocenters. The average Bonchev–Trinajstić information content (AvgIpc) is 2.82. The lowest BCUT2D eigenvalue weighted by Gasteiger charge is -2.30. The lowest BCUT2D eigenvalue weighted by molar-refractivity contribution is -0.385. The fourth-order valence-electron chi connectivity index (χ4n) is 3.22. The largest absolute Gasteiger partial charge is 0.502 e. The predicted molar refractivity (Wildman–Crippen MR) is 120 cm³/mol. The van der Waals surface area contributed by atoms with Crippen molar-refractivity contribution in [3.8, 4) is 5.75 Å². The van der Waals surface area contributed by atoms with E-state index in [2.05, 4.69) is 41.4 Å². The standard InChI is InChI=1S/C18H21BrN8O5/c19-13-9-12(15(28)14(10-13)27(29)30)11-20-24-16-21-17(25-1-5-31-6-2-25)23-18(22-16)26-3-7-32-8-4-26/h9-11,28H,1-8H2,(H,21,22,23,24). The molecule has 0 bridgehead atoms. The Morgan fingerprint density at radius 1 is 1.06 bits per heavy atom. The van der Waals surface area contributed by atoms with Gasteiger partial charge < -0.3 is 24.4 Å². The summed E-state index contributed by atoms with van der Waals surface area (Å²) in [4.78, 5) is 28.0. The quantitative estimate of drug-likeness (QED) is 0.330. The number of ether oxygens (including phenoxy) is 2. The molecule has 0 saturated carbocycles. The van der Waals surface area contributed by atoms with Crippen LogP contribution in [0.4, 0.5) is 23.5 Å². The van der Waals surface area contributed by atoms with E-state index in [1.165, 1.54) is 18.3 Å². The molecule has 2 fully saturated rings. The van der Waals surface area contributed by atoms with Crippen LogP contribution in [0.25, 0.3) is 0 Å². The minimum absolute atomic E-state index is 0.162. The molecule has 2 aromatic rings. The number of halogens is 1. The number of nitro benzene ring substituents is 1. The zero-order valence-electron chi connectivity index (χ0n) is 17.0. The van der Waals surface area contributed by atoms with Crippen molar-refractivity contribution in [2.24, 2.45) is 5.10 Å². The molecule has 4 rings (SSSR count). The van der Waals surface area contributed by atoms with Crippen LogP contribution in [0.15, 0.2) is 21.7 Å². The summed E-state index contributed by atoms with van der Waals surface area (Å²) in [6.45, 7) is 4.97. The molecule has 1 aromatic carbocycles. The van der Waals surface area contributed by atoms with E-state index in [-0.39, 0.29) is 11.5 Å². The maximum atomic E-state index is 11.1. The van der Waals surface area contributed by atoms with Crippen molar-refractivity contribution in [1.82, 2.24) is 15.0 Å². The number of phenols is 1. The third-order valence-corrected chi connectivity index (χ3v) is 5.31. The van der Waals surface area contributed by atoms with E-state index in [9.17, 15) is 15.2 Å². The van der Waals surface area contributed by atoms with Gasteiger partial charge in [0.05, 0.1) is 37.6 Å². The van der Waals surface area contributed by atoms with Crippen LogP contribution >= 0.6 is 15.9 Å². The van der Waals surface area contributed by atoms with Gasteiger partial charge in [-0.1, -0.05) is 15.9 Å². The molecule has 0 amide bonds. The molecule has 32 heavy (non-hydrogen) atoms. The lowest BCUT2D eigenvalue weighted by Crippen LogP contribution is -2.40. The third-order valence-electron chi connectivity index (χ3n) is 4.85. The smallest absolute Gasteiger partial charge is 0.312 e. The van der Waals surface area contributed by atoms with Crippen molar-refractivity contribution >= 4 is 45.7 Å². The average molecular weight is 509 g/mol. The first-order valence-electron chi connectivity index (χ1n) is 9.88. The van der Waals surface area contributed by atoms with E-state index in [1.54, 1.807) is 0 Å². The summed E-state index contributed by atoms with van der Waals surface area (Å²) in [5.41, 5.74) is 2.48. The molecule has 2 aliphatic heterocycles. The van der Waals surface area contributed by atoms with Crippen molar-refractivity contribution < 1.29 is 19.5 Å². The van der Waals surface area contributed by atoms with E-state index in [0.717, 1.165) is 0 Å². The van der Waals surface area contributed by atoms with Crippen molar-refractivity contribution in [2.75, 3.05) is 67.8 Å². The second-order valence-corrected chi connectivity index (χ2v) is 7.86. The second-order valence-electron chi connectivity index (χ2n) is 6.95. The first-order chi connectivity index (χ1) is 15.5. The Labute approximate surface area is 191 Å². The summed E-state index contributed by atoms with van der Waals surface area (Å²) in [6, 6.07) is 2.73. The van der Waals surface area contributed by atoms with E-state index in [1.807, 2.05) is 9.80 Å². The number of anilines is 3. The molecule has 3 heterocycles. The van der Waals surface area contributed by atoms with E-state index >= 15 is 0 Å². The first kappa shape index (κ1) is 22.1. The van der Waals surface area contributed by atoms with Gasteiger partial charge in [0.25, 0.3) is 0 Å².